The van der Waals surface area contributed by atoms with Crippen molar-refractivity contribution in [3.8, 4) is 0 Å². The topological polar surface area (TPSA) is 56.3 Å². The van der Waals surface area contributed by atoms with E-state index in [1.165, 1.54) is 18.2 Å². The first-order chi connectivity index (χ1) is 14.2. The lowest BCUT2D eigenvalue weighted by molar-refractivity contribution is -0.142. The van der Waals surface area contributed by atoms with Crippen molar-refractivity contribution in [3.63, 3.8) is 0 Å². The Kier molecular flexibility index (Phi) is 5.45. The van der Waals surface area contributed by atoms with Crippen LogP contribution in [0.1, 0.15) is 42.3 Å². The minimum Gasteiger partial charge on any atom is -0.481 e. The zero-order valence-corrected chi connectivity index (χ0v) is 18.6. The van der Waals surface area contributed by atoms with Crippen molar-refractivity contribution in [2.24, 2.45) is 5.92 Å². The second-order valence-corrected chi connectivity index (χ2v) is 9.02. The summed E-state index contributed by atoms with van der Waals surface area (Å²) in [5, 5.41) is 10.3. The van der Waals surface area contributed by atoms with Crippen LogP contribution in [0, 0.1) is 24.5 Å². The molecular weight excluding hydrogens is 454 g/mol. The molecule has 1 aromatic heterocycles. The lowest BCUT2D eigenvalue weighted by Gasteiger charge is -2.42. The number of benzene rings is 2. The van der Waals surface area contributed by atoms with Gasteiger partial charge >= 0.3 is 5.97 Å². The predicted molar refractivity (Wildman–Crippen MR) is 116 cm³/mol. The maximum absolute atomic E-state index is 15.2. The van der Waals surface area contributed by atoms with Crippen LogP contribution < -0.4 is 0 Å². The Labute approximate surface area is 182 Å². The molecule has 0 fully saturated rings. The van der Waals surface area contributed by atoms with Gasteiger partial charge < -0.3 is 10.1 Å². The monoisotopic (exact) mass is 476 g/mol. The highest BCUT2D eigenvalue weighted by Crippen LogP contribution is 2.43. The fraction of sp³-hybridized carbons (Fsp3) is 0.348. The fourth-order valence-corrected chi connectivity index (χ4v) is 4.87. The van der Waals surface area contributed by atoms with E-state index in [-0.39, 0.29) is 24.2 Å². The van der Waals surface area contributed by atoms with E-state index in [0.29, 0.717) is 12.0 Å². The van der Waals surface area contributed by atoms with Crippen molar-refractivity contribution in [2.75, 3.05) is 6.54 Å². The van der Waals surface area contributed by atoms with E-state index in [2.05, 4.69) is 20.9 Å². The summed E-state index contributed by atoms with van der Waals surface area (Å²) in [6, 6.07) is 7.15. The Morgan fingerprint density at radius 2 is 2.07 bits per heavy atom. The van der Waals surface area contributed by atoms with Gasteiger partial charge in [0.05, 0.1) is 12.0 Å². The number of nitrogens with one attached hydrogen (secondary N) is 1. The van der Waals surface area contributed by atoms with Gasteiger partial charge in [0, 0.05) is 39.2 Å². The third-order valence-electron chi connectivity index (χ3n) is 6.15. The molecule has 0 spiro atoms. The first-order valence-corrected chi connectivity index (χ1v) is 10.7. The molecule has 0 amide bonds. The molecule has 2 aromatic carbocycles. The number of hydrogen-bond donors (Lipinski definition) is 2. The maximum Gasteiger partial charge on any atom is 0.307 e. The summed E-state index contributed by atoms with van der Waals surface area (Å²) >= 11 is 3.50. The molecule has 1 aliphatic heterocycles. The Balaban J connectivity index is 1.97. The van der Waals surface area contributed by atoms with Gasteiger partial charge in [-0.05, 0) is 61.7 Å². The van der Waals surface area contributed by atoms with Crippen molar-refractivity contribution in [1.82, 2.24) is 9.88 Å². The van der Waals surface area contributed by atoms with Crippen LogP contribution in [0.5, 0.6) is 0 Å². The molecule has 1 unspecified atom stereocenters. The number of hydrogen-bond acceptors (Lipinski definition) is 2. The highest BCUT2D eigenvalue weighted by atomic mass is 79.9. The SMILES string of the molecule is Cc1c(Br)ccc(F)c1[C@@H]1c2[nH]c3ccc(F)cc3c2C[C@@H](C)N1CC(C)C(=O)O. The molecule has 4 rings (SSSR count). The number of aromatic nitrogens is 1. The normalized spacial score (nSPS) is 20.3. The quantitative estimate of drug-likeness (QED) is 0.517. The number of carboxylic acids is 1. The summed E-state index contributed by atoms with van der Waals surface area (Å²) in [4.78, 5) is 17.0. The largest absolute Gasteiger partial charge is 0.481 e. The number of halogens is 3. The zero-order valence-electron chi connectivity index (χ0n) is 17.0. The third kappa shape index (κ3) is 3.44. The van der Waals surface area contributed by atoms with Gasteiger partial charge in [0.2, 0.25) is 0 Å². The number of aliphatic carboxylic acids is 1. The molecule has 7 heteroatoms. The number of H-pyrrole nitrogens is 1. The summed E-state index contributed by atoms with van der Waals surface area (Å²) < 4.78 is 29.9. The second kappa shape index (κ2) is 7.78. The van der Waals surface area contributed by atoms with Crippen LogP contribution in [-0.2, 0) is 11.2 Å². The van der Waals surface area contributed by atoms with Crippen LogP contribution >= 0.6 is 15.9 Å². The first kappa shape index (κ1) is 21.0. The van der Waals surface area contributed by atoms with Crippen molar-refractivity contribution in [2.45, 2.75) is 39.3 Å². The molecule has 1 aliphatic rings. The van der Waals surface area contributed by atoms with Crippen LogP contribution in [0.3, 0.4) is 0 Å². The number of nitrogens with zero attached hydrogens (tertiary/aromatic N) is 1. The van der Waals surface area contributed by atoms with Gasteiger partial charge in [0.25, 0.3) is 0 Å². The molecule has 0 bridgehead atoms. The summed E-state index contributed by atoms with van der Waals surface area (Å²) in [7, 11) is 0. The number of carboxylic acid groups (broad SMARTS) is 1. The minimum absolute atomic E-state index is 0.0515. The molecule has 2 heterocycles. The number of rotatable bonds is 4. The minimum atomic E-state index is -0.892. The van der Waals surface area contributed by atoms with Crippen molar-refractivity contribution in [3.05, 3.63) is 68.8 Å². The van der Waals surface area contributed by atoms with E-state index in [0.717, 1.165) is 32.2 Å². The van der Waals surface area contributed by atoms with Crippen molar-refractivity contribution < 1.29 is 18.7 Å². The summed E-state index contributed by atoms with van der Waals surface area (Å²) in [5.74, 6) is -2.18. The molecule has 0 aliphatic carbocycles. The standard InChI is InChI=1S/C23H23BrF2N2O2/c1-11(23(29)30)10-28-12(2)8-16-15-9-14(25)4-7-19(15)27-21(16)22(28)20-13(3)17(24)5-6-18(20)26/h4-7,9,11-12,22,27H,8,10H2,1-3H3,(H,29,30)/t11?,12-,22-/m1/s1. The zero-order chi connectivity index (χ0) is 21.7. The third-order valence-corrected chi connectivity index (χ3v) is 7.01. The Bertz CT molecular complexity index is 1140. The van der Waals surface area contributed by atoms with E-state index in [1.54, 1.807) is 19.1 Å². The van der Waals surface area contributed by atoms with Gasteiger partial charge in [0.15, 0.2) is 0 Å². The second-order valence-electron chi connectivity index (χ2n) is 8.17. The van der Waals surface area contributed by atoms with E-state index >= 15 is 4.39 Å². The molecular formula is C23H23BrF2N2O2. The predicted octanol–water partition coefficient (Wildman–Crippen LogP) is 5.57. The lowest BCUT2D eigenvalue weighted by atomic mass is 9.86. The molecule has 158 valence electrons. The van der Waals surface area contributed by atoms with Crippen LogP contribution in [0.25, 0.3) is 10.9 Å². The smallest absolute Gasteiger partial charge is 0.307 e. The molecule has 0 saturated carbocycles. The van der Waals surface area contributed by atoms with Crippen LogP contribution in [0.4, 0.5) is 8.78 Å². The van der Waals surface area contributed by atoms with E-state index in [1.807, 2.05) is 18.7 Å². The highest BCUT2D eigenvalue weighted by Gasteiger charge is 2.39. The molecule has 3 aromatic rings. The maximum atomic E-state index is 15.2. The lowest BCUT2D eigenvalue weighted by Crippen LogP contribution is -2.46. The van der Waals surface area contributed by atoms with Gasteiger partial charge in [-0.2, -0.15) is 0 Å². The summed E-state index contributed by atoms with van der Waals surface area (Å²) in [5.41, 5.74) is 3.81. The Morgan fingerprint density at radius 3 is 2.77 bits per heavy atom. The number of aromatic amines is 1. The van der Waals surface area contributed by atoms with Gasteiger partial charge in [-0.25, -0.2) is 8.78 Å². The average Bonchev–Trinajstić information content (AvgIpc) is 3.04. The van der Waals surface area contributed by atoms with Gasteiger partial charge in [-0.1, -0.05) is 22.9 Å². The van der Waals surface area contributed by atoms with Gasteiger partial charge in [-0.3, -0.25) is 9.69 Å². The van der Waals surface area contributed by atoms with Crippen LogP contribution in [0.15, 0.2) is 34.8 Å². The van der Waals surface area contributed by atoms with Gasteiger partial charge in [0.1, 0.15) is 11.6 Å². The molecule has 4 nitrogen and oxygen atoms in total. The molecule has 2 N–H and O–H groups in total. The van der Waals surface area contributed by atoms with Crippen molar-refractivity contribution in [1.29, 1.82) is 0 Å². The Hall–Kier alpha value is -2.25. The summed E-state index contributed by atoms with van der Waals surface area (Å²) in [6.07, 6.45) is 0.621. The molecule has 3 atom stereocenters. The summed E-state index contributed by atoms with van der Waals surface area (Å²) in [6.45, 7) is 5.79. The molecule has 0 saturated heterocycles. The van der Waals surface area contributed by atoms with Crippen molar-refractivity contribution >= 4 is 32.8 Å². The highest BCUT2D eigenvalue weighted by molar-refractivity contribution is 9.10. The van der Waals surface area contributed by atoms with E-state index < -0.39 is 17.9 Å². The molecule has 0 radical (unpaired) electrons. The van der Waals surface area contributed by atoms with Gasteiger partial charge in [-0.15, -0.1) is 0 Å². The van der Waals surface area contributed by atoms with Crippen LogP contribution in [-0.4, -0.2) is 33.5 Å². The average molecular weight is 477 g/mol. The molecule has 30 heavy (non-hydrogen) atoms. The Morgan fingerprint density at radius 1 is 1.33 bits per heavy atom. The number of carbonyl (C=O) groups is 1. The fourth-order valence-electron chi connectivity index (χ4n) is 4.52. The number of fused-ring (bicyclic) bond motifs is 3. The van der Waals surface area contributed by atoms with E-state index in [4.69, 9.17) is 0 Å². The van der Waals surface area contributed by atoms with E-state index in [9.17, 15) is 14.3 Å². The van der Waals surface area contributed by atoms with Crippen LogP contribution in [0.2, 0.25) is 0 Å². The first-order valence-electron chi connectivity index (χ1n) is 9.92.